The Morgan fingerprint density at radius 1 is 1.36 bits per heavy atom. The zero-order valence-corrected chi connectivity index (χ0v) is 6.62. The van der Waals surface area contributed by atoms with E-state index in [1.807, 2.05) is 0 Å². The monoisotopic (exact) mass is 154 g/mol. The van der Waals surface area contributed by atoms with Gasteiger partial charge in [0.25, 0.3) is 0 Å². The van der Waals surface area contributed by atoms with E-state index in [1.165, 1.54) is 25.7 Å². The lowest BCUT2D eigenvalue weighted by Crippen LogP contribution is -1.82. The van der Waals surface area contributed by atoms with Crippen molar-refractivity contribution < 1.29 is 9.90 Å². The molecule has 0 aliphatic heterocycles. The van der Waals surface area contributed by atoms with Crippen LogP contribution in [-0.4, -0.2) is 11.1 Å². The molecule has 11 heavy (non-hydrogen) atoms. The van der Waals surface area contributed by atoms with Crippen molar-refractivity contribution in [3.8, 4) is 0 Å². The molecule has 0 atom stereocenters. The van der Waals surface area contributed by atoms with Crippen LogP contribution in [0.3, 0.4) is 0 Å². The second-order valence-electron chi connectivity index (χ2n) is 2.30. The Labute approximate surface area is 67.2 Å². The number of allylic oxidation sites excluding steroid dienone is 2. The van der Waals surface area contributed by atoms with Gasteiger partial charge in [0.15, 0.2) is 0 Å². The van der Waals surface area contributed by atoms with Gasteiger partial charge in [-0.15, -0.1) is 0 Å². The van der Waals surface area contributed by atoms with Gasteiger partial charge in [0, 0.05) is 6.08 Å². The number of hydrogen-bond donors (Lipinski definition) is 1. The SMILES string of the molecule is C1=CCCCC1.C=CC(=O)O. The molecule has 1 N–H and O–H groups in total. The highest BCUT2D eigenvalue weighted by molar-refractivity contribution is 5.78. The van der Waals surface area contributed by atoms with Gasteiger partial charge in [0.2, 0.25) is 0 Å². The topological polar surface area (TPSA) is 37.3 Å². The lowest BCUT2D eigenvalue weighted by Gasteiger charge is -1.97. The summed E-state index contributed by atoms with van der Waals surface area (Å²) in [6.45, 7) is 2.96. The highest BCUT2D eigenvalue weighted by Gasteiger charge is 1.87. The minimum Gasteiger partial charge on any atom is -0.478 e. The van der Waals surface area contributed by atoms with Crippen LogP contribution in [0, 0.1) is 0 Å². The first-order valence-corrected chi connectivity index (χ1v) is 3.77. The van der Waals surface area contributed by atoms with Gasteiger partial charge in [-0.2, -0.15) is 0 Å². The van der Waals surface area contributed by atoms with Crippen molar-refractivity contribution in [1.29, 1.82) is 0 Å². The smallest absolute Gasteiger partial charge is 0.327 e. The van der Waals surface area contributed by atoms with Gasteiger partial charge in [-0.3, -0.25) is 0 Å². The quantitative estimate of drug-likeness (QED) is 0.465. The summed E-state index contributed by atoms with van der Waals surface area (Å²) in [7, 11) is 0. The van der Waals surface area contributed by atoms with E-state index in [0.29, 0.717) is 0 Å². The van der Waals surface area contributed by atoms with E-state index in [4.69, 9.17) is 5.11 Å². The largest absolute Gasteiger partial charge is 0.478 e. The molecule has 0 spiro atoms. The second-order valence-corrected chi connectivity index (χ2v) is 2.30. The molecule has 1 aliphatic rings. The Bertz CT molecular complexity index is 140. The predicted octanol–water partition coefficient (Wildman–Crippen LogP) is 2.37. The molecule has 2 nitrogen and oxygen atoms in total. The predicted molar refractivity (Wildman–Crippen MR) is 45.4 cm³/mol. The summed E-state index contributed by atoms with van der Waals surface area (Å²) >= 11 is 0. The average Bonchev–Trinajstić information content (AvgIpc) is 2.09. The van der Waals surface area contributed by atoms with E-state index in [2.05, 4.69) is 18.7 Å². The molecule has 62 valence electrons. The van der Waals surface area contributed by atoms with Crippen LogP contribution in [-0.2, 0) is 4.79 Å². The fraction of sp³-hybridized carbons (Fsp3) is 0.444. The molecule has 0 saturated heterocycles. The number of aliphatic carboxylic acids is 1. The summed E-state index contributed by atoms with van der Waals surface area (Å²) < 4.78 is 0. The molecule has 0 saturated carbocycles. The molecule has 0 radical (unpaired) electrons. The van der Waals surface area contributed by atoms with E-state index in [1.54, 1.807) is 0 Å². The minimum atomic E-state index is -0.981. The fourth-order valence-corrected chi connectivity index (χ4v) is 0.760. The third kappa shape index (κ3) is 8.95. The Morgan fingerprint density at radius 3 is 1.82 bits per heavy atom. The van der Waals surface area contributed by atoms with Gasteiger partial charge in [0.1, 0.15) is 0 Å². The lowest BCUT2D eigenvalue weighted by molar-refractivity contribution is -0.131. The van der Waals surface area contributed by atoms with Gasteiger partial charge < -0.3 is 5.11 Å². The summed E-state index contributed by atoms with van der Waals surface area (Å²) in [5.41, 5.74) is 0. The maximum atomic E-state index is 9.25. The molecule has 2 heteroatoms. The van der Waals surface area contributed by atoms with E-state index in [-0.39, 0.29) is 0 Å². The third-order valence-electron chi connectivity index (χ3n) is 1.33. The van der Waals surface area contributed by atoms with E-state index in [0.717, 1.165) is 6.08 Å². The van der Waals surface area contributed by atoms with E-state index >= 15 is 0 Å². The zero-order chi connectivity index (χ0) is 8.53. The van der Waals surface area contributed by atoms with Crippen LogP contribution in [0.25, 0.3) is 0 Å². The summed E-state index contributed by atoms with van der Waals surface area (Å²) in [5, 5.41) is 7.60. The number of carboxylic acids is 1. The molecule has 0 aromatic heterocycles. The molecule has 0 fully saturated rings. The van der Waals surface area contributed by atoms with Crippen LogP contribution in [0.2, 0.25) is 0 Å². The highest BCUT2D eigenvalue weighted by Crippen LogP contribution is 2.07. The van der Waals surface area contributed by atoms with Crippen molar-refractivity contribution in [2.24, 2.45) is 0 Å². The van der Waals surface area contributed by atoms with Crippen LogP contribution < -0.4 is 0 Å². The van der Waals surface area contributed by atoms with Crippen molar-refractivity contribution in [3.63, 3.8) is 0 Å². The number of carboxylic acid groups (broad SMARTS) is 1. The zero-order valence-electron chi connectivity index (χ0n) is 6.62. The first-order valence-electron chi connectivity index (χ1n) is 3.77. The Balaban J connectivity index is 0.000000187. The van der Waals surface area contributed by atoms with E-state index in [9.17, 15) is 4.79 Å². The number of carbonyl (C=O) groups is 1. The Hall–Kier alpha value is -1.05. The summed E-state index contributed by atoms with van der Waals surface area (Å²) in [6.07, 6.45) is 10.8. The minimum absolute atomic E-state index is 0.833. The molecular weight excluding hydrogens is 140 g/mol. The average molecular weight is 154 g/mol. The molecule has 0 aromatic carbocycles. The summed E-state index contributed by atoms with van der Waals surface area (Å²) in [4.78, 5) is 9.25. The van der Waals surface area contributed by atoms with Gasteiger partial charge in [-0.1, -0.05) is 18.7 Å². The molecule has 0 amide bonds. The maximum absolute atomic E-state index is 9.25. The highest BCUT2D eigenvalue weighted by atomic mass is 16.4. The fourth-order valence-electron chi connectivity index (χ4n) is 0.760. The standard InChI is InChI=1S/C6H10.C3H4O2/c1-2-4-6-5-3-1;1-2-3(4)5/h1-2H,3-6H2;2H,1H2,(H,4,5). The van der Waals surface area contributed by atoms with Crippen LogP contribution in [0.4, 0.5) is 0 Å². The van der Waals surface area contributed by atoms with Crippen LogP contribution >= 0.6 is 0 Å². The van der Waals surface area contributed by atoms with Crippen molar-refractivity contribution in [2.45, 2.75) is 25.7 Å². The van der Waals surface area contributed by atoms with Gasteiger partial charge in [0.05, 0.1) is 0 Å². The Kier molecular flexibility index (Phi) is 6.39. The van der Waals surface area contributed by atoms with Gasteiger partial charge in [-0.05, 0) is 25.7 Å². The molecule has 1 rings (SSSR count). The first kappa shape index (κ1) is 9.95. The van der Waals surface area contributed by atoms with Crippen molar-refractivity contribution in [2.75, 3.05) is 0 Å². The van der Waals surface area contributed by atoms with Crippen molar-refractivity contribution >= 4 is 5.97 Å². The molecular formula is C9H14O2. The number of rotatable bonds is 1. The van der Waals surface area contributed by atoms with E-state index < -0.39 is 5.97 Å². The molecule has 0 aromatic rings. The summed E-state index contributed by atoms with van der Waals surface area (Å²) in [5.74, 6) is -0.981. The van der Waals surface area contributed by atoms with Gasteiger partial charge >= 0.3 is 5.97 Å². The Morgan fingerprint density at radius 2 is 1.73 bits per heavy atom. The maximum Gasteiger partial charge on any atom is 0.327 e. The van der Waals surface area contributed by atoms with Crippen molar-refractivity contribution in [1.82, 2.24) is 0 Å². The van der Waals surface area contributed by atoms with Crippen LogP contribution in [0.15, 0.2) is 24.8 Å². The van der Waals surface area contributed by atoms with Crippen LogP contribution in [0.5, 0.6) is 0 Å². The molecule has 0 heterocycles. The first-order chi connectivity index (χ1) is 5.27. The van der Waals surface area contributed by atoms with Crippen molar-refractivity contribution in [3.05, 3.63) is 24.8 Å². The summed E-state index contributed by atoms with van der Waals surface area (Å²) in [6, 6.07) is 0. The second kappa shape index (κ2) is 7.06. The lowest BCUT2D eigenvalue weighted by atomic mass is 10.1. The normalized spacial score (nSPS) is 14.5. The molecule has 0 unspecified atom stereocenters. The third-order valence-corrected chi connectivity index (χ3v) is 1.33. The van der Waals surface area contributed by atoms with Crippen LogP contribution in [0.1, 0.15) is 25.7 Å². The van der Waals surface area contributed by atoms with Gasteiger partial charge in [-0.25, -0.2) is 4.79 Å². The molecule has 0 bridgehead atoms. The molecule has 1 aliphatic carbocycles. The number of hydrogen-bond acceptors (Lipinski definition) is 1.